The second-order valence-corrected chi connectivity index (χ2v) is 4.59. The predicted molar refractivity (Wildman–Crippen MR) is 68.3 cm³/mol. The molecule has 1 amide bonds. The molecule has 0 aliphatic carbocycles. The first-order chi connectivity index (χ1) is 9.22. The smallest absolute Gasteiger partial charge is 0.226 e. The second-order valence-electron chi connectivity index (χ2n) is 4.59. The Morgan fingerprint density at radius 1 is 1.47 bits per heavy atom. The molecule has 0 saturated carbocycles. The van der Waals surface area contributed by atoms with E-state index in [1.54, 1.807) is 17.0 Å². The fourth-order valence-electron chi connectivity index (χ4n) is 2.31. The van der Waals surface area contributed by atoms with Crippen molar-refractivity contribution in [3.63, 3.8) is 0 Å². The quantitative estimate of drug-likeness (QED) is 0.881. The predicted octanol–water partition coefficient (Wildman–Crippen LogP) is 1.58. The van der Waals surface area contributed by atoms with E-state index in [2.05, 4.69) is 0 Å². The lowest BCUT2D eigenvalue weighted by molar-refractivity contribution is -0.133. The van der Waals surface area contributed by atoms with Crippen LogP contribution in [0.5, 0.6) is 5.75 Å². The number of benzene rings is 1. The molecule has 0 bridgehead atoms. The molecule has 1 aromatic carbocycles. The van der Waals surface area contributed by atoms with Gasteiger partial charge in [-0.25, -0.2) is 4.39 Å². The van der Waals surface area contributed by atoms with Gasteiger partial charge in [-0.1, -0.05) is 12.1 Å². The maximum Gasteiger partial charge on any atom is 0.226 e. The Kier molecular flexibility index (Phi) is 4.74. The third-order valence-corrected chi connectivity index (χ3v) is 3.32. The van der Waals surface area contributed by atoms with Gasteiger partial charge >= 0.3 is 0 Å². The monoisotopic (exact) mass is 267 g/mol. The fraction of sp³-hybridized carbons (Fsp3) is 0.500. The van der Waals surface area contributed by atoms with E-state index < -0.39 is 5.82 Å². The van der Waals surface area contributed by atoms with Gasteiger partial charge in [0.1, 0.15) is 0 Å². The van der Waals surface area contributed by atoms with Crippen LogP contribution in [-0.4, -0.2) is 41.7 Å². The van der Waals surface area contributed by atoms with Gasteiger partial charge < -0.3 is 14.7 Å². The van der Waals surface area contributed by atoms with Crippen molar-refractivity contribution in [2.45, 2.75) is 25.3 Å². The number of ether oxygens (including phenoxy) is 1. The Balaban J connectivity index is 1.80. The van der Waals surface area contributed by atoms with E-state index in [0.717, 1.165) is 12.8 Å². The van der Waals surface area contributed by atoms with Crippen LogP contribution < -0.4 is 4.74 Å². The molecule has 0 spiro atoms. The Labute approximate surface area is 111 Å². The molecule has 0 unspecified atom stereocenters. The van der Waals surface area contributed by atoms with Crippen LogP contribution in [0.15, 0.2) is 24.3 Å². The highest BCUT2D eigenvalue weighted by Gasteiger charge is 2.27. The number of aliphatic hydroxyl groups excluding tert-OH is 1. The highest BCUT2D eigenvalue weighted by Crippen LogP contribution is 2.19. The minimum absolute atomic E-state index is 0.0000887. The molecule has 1 fully saturated rings. The minimum atomic E-state index is -0.427. The first-order valence-corrected chi connectivity index (χ1v) is 6.50. The normalized spacial score (nSPS) is 18.6. The van der Waals surface area contributed by atoms with E-state index in [1.165, 1.54) is 12.1 Å². The molecular weight excluding hydrogens is 249 g/mol. The number of carbonyl (C=O) groups excluding carboxylic acids is 1. The topological polar surface area (TPSA) is 49.8 Å². The van der Waals surface area contributed by atoms with Crippen molar-refractivity contribution in [3.8, 4) is 5.75 Å². The molecule has 1 aliphatic rings. The van der Waals surface area contributed by atoms with E-state index in [4.69, 9.17) is 9.84 Å². The van der Waals surface area contributed by atoms with Crippen LogP contribution >= 0.6 is 0 Å². The fourth-order valence-corrected chi connectivity index (χ4v) is 2.31. The Morgan fingerprint density at radius 3 is 3.00 bits per heavy atom. The summed E-state index contributed by atoms with van der Waals surface area (Å²) in [6.07, 6.45) is 1.96. The first kappa shape index (κ1) is 13.8. The number of likely N-dealkylation sites (tertiary alicyclic amines) is 1. The molecule has 1 aromatic rings. The molecule has 104 valence electrons. The third-order valence-electron chi connectivity index (χ3n) is 3.32. The summed E-state index contributed by atoms with van der Waals surface area (Å²) >= 11 is 0. The number of hydrogen-bond donors (Lipinski definition) is 1. The van der Waals surface area contributed by atoms with Gasteiger partial charge in [-0.05, 0) is 25.0 Å². The van der Waals surface area contributed by atoms with E-state index >= 15 is 0 Å². The molecule has 1 saturated heterocycles. The zero-order valence-corrected chi connectivity index (χ0v) is 10.7. The SMILES string of the molecule is O=C(CCOc1ccccc1F)N1CCC[C@@H]1CO. The lowest BCUT2D eigenvalue weighted by Gasteiger charge is -2.23. The molecule has 0 aromatic heterocycles. The van der Waals surface area contributed by atoms with Crippen molar-refractivity contribution in [2.24, 2.45) is 0 Å². The lowest BCUT2D eigenvalue weighted by Crippen LogP contribution is -2.38. The largest absolute Gasteiger partial charge is 0.490 e. The van der Waals surface area contributed by atoms with Gasteiger partial charge in [0.05, 0.1) is 25.7 Å². The number of hydrogen-bond acceptors (Lipinski definition) is 3. The Bertz CT molecular complexity index is 438. The average Bonchev–Trinajstić information content (AvgIpc) is 2.89. The molecule has 1 atom stereocenters. The number of halogens is 1. The Hall–Kier alpha value is -1.62. The van der Waals surface area contributed by atoms with Crippen molar-refractivity contribution in [2.75, 3.05) is 19.8 Å². The number of amides is 1. The molecule has 2 rings (SSSR count). The number of nitrogens with zero attached hydrogens (tertiary/aromatic N) is 1. The summed E-state index contributed by atoms with van der Waals surface area (Å²) in [5, 5.41) is 9.15. The summed E-state index contributed by atoms with van der Waals surface area (Å²) in [4.78, 5) is 13.6. The summed E-state index contributed by atoms with van der Waals surface area (Å²) in [6, 6.07) is 6.05. The molecule has 1 heterocycles. The van der Waals surface area contributed by atoms with Crippen molar-refractivity contribution in [3.05, 3.63) is 30.1 Å². The molecule has 19 heavy (non-hydrogen) atoms. The Morgan fingerprint density at radius 2 is 2.26 bits per heavy atom. The first-order valence-electron chi connectivity index (χ1n) is 6.50. The molecule has 0 radical (unpaired) electrons. The van der Waals surface area contributed by atoms with E-state index in [-0.39, 0.29) is 37.3 Å². The number of rotatable bonds is 5. The van der Waals surface area contributed by atoms with Crippen LogP contribution in [0.3, 0.4) is 0 Å². The van der Waals surface area contributed by atoms with Gasteiger partial charge in [0.15, 0.2) is 11.6 Å². The van der Waals surface area contributed by atoms with Gasteiger partial charge in [-0.3, -0.25) is 4.79 Å². The van der Waals surface area contributed by atoms with E-state index in [9.17, 15) is 9.18 Å². The lowest BCUT2D eigenvalue weighted by atomic mass is 10.2. The minimum Gasteiger partial charge on any atom is -0.490 e. The molecule has 4 nitrogen and oxygen atoms in total. The number of para-hydroxylation sites is 1. The van der Waals surface area contributed by atoms with Crippen molar-refractivity contribution in [1.82, 2.24) is 4.90 Å². The van der Waals surface area contributed by atoms with Gasteiger partial charge in [0, 0.05) is 6.54 Å². The second kappa shape index (κ2) is 6.52. The van der Waals surface area contributed by atoms with Crippen molar-refractivity contribution < 1.29 is 19.0 Å². The maximum absolute atomic E-state index is 13.3. The summed E-state index contributed by atoms with van der Waals surface area (Å²) in [6.45, 7) is 0.831. The van der Waals surface area contributed by atoms with Gasteiger partial charge in [-0.15, -0.1) is 0 Å². The number of aliphatic hydroxyl groups is 1. The summed E-state index contributed by atoms with van der Waals surface area (Å²) in [5.74, 6) is -0.312. The van der Waals surface area contributed by atoms with Crippen LogP contribution in [0.25, 0.3) is 0 Å². The maximum atomic E-state index is 13.3. The third kappa shape index (κ3) is 3.44. The highest BCUT2D eigenvalue weighted by molar-refractivity contribution is 5.77. The van der Waals surface area contributed by atoms with Crippen LogP contribution in [0.4, 0.5) is 4.39 Å². The van der Waals surface area contributed by atoms with Crippen LogP contribution in [0, 0.1) is 5.82 Å². The van der Waals surface area contributed by atoms with Gasteiger partial charge in [-0.2, -0.15) is 0 Å². The average molecular weight is 267 g/mol. The van der Waals surface area contributed by atoms with E-state index in [0.29, 0.717) is 6.54 Å². The zero-order chi connectivity index (χ0) is 13.7. The highest BCUT2D eigenvalue weighted by atomic mass is 19.1. The van der Waals surface area contributed by atoms with Gasteiger partial charge in [0.25, 0.3) is 0 Å². The van der Waals surface area contributed by atoms with Crippen LogP contribution in [0.2, 0.25) is 0 Å². The molecule has 5 heteroatoms. The zero-order valence-electron chi connectivity index (χ0n) is 10.7. The van der Waals surface area contributed by atoms with Gasteiger partial charge in [0.2, 0.25) is 5.91 Å². The molecular formula is C14H18FNO3. The summed E-state index contributed by atoms with van der Waals surface area (Å²) in [5.41, 5.74) is 0. The molecule has 1 N–H and O–H groups in total. The van der Waals surface area contributed by atoms with Crippen molar-refractivity contribution >= 4 is 5.91 Å². The van der Waals surface area contributed by atoms with Crippen molar-refractivity contribution in [1.29, 1.82) is 0 Å². The van der Waals surface area contributed by atoms with Crippen LogP contribution in [0.1, 0.15) is 19.3 Å². The van der Waals surface area contributed by atoms with E-state index in [1.807, 2.05) is 0 Å². The summed E-state index contributed by atoms with van der Waals surface area (Å²) in [7, 11) is 0. The standard InChI is InChI=1S/C14H18FNO3/c15-12-5-1-2-6-13(12)19-9-7-14(18)16-8-3-4-11(16)10-17/h1-2,5-6,11,17H,3-4,7-10H2/t11-/m1/s1. The molecule has 1 aliphatic heterocycles. The van der Waals surface area contributed by atoms with Crippen LogP contribution in [-0.2, 0) is 4.79 Å². The summed E-state index contributed by atoms with van der Waals surface area (Å²) < 4.78 is 18.5. The number of carbonyl (C=O) groups is 1.